The van der Waals surface area contributed by atoms with Crippen molar-refractivity contribution in [1.82, 2.24) is 4.31 Å². The van der Waals surface area contributed by atoms with E-state index in [1.54, 1.807) is 48.5 Å². The summed E-state index contributed by atoms with van der Waals surface area (Å²) in [5, 5.41) is 2.74. The monoisotopic (exact) mass is 428 g/mol. The van der Waals surface area contributed by atoms with Gasteiger partial charge in [0.05, 0.1) is 11.4 Å². The summed E-state index contributed by atoms with van der Waals surface area (Å²) in [7, 11) is -3.81. The van der Waals surface area contributed by atoms with Crippen LogP contribution in [0.25, 0.3) is 0 Å². The van der Waals surface area contributed by atoms with E-state index >= 15 is 0 Å². The molecule has 0 radical (unpaired) electrons. The third-order valence-electron chi connectivity index (χ3n) is 5.46. The van der Waals surface area contributed by atoms with E-state index in [1.165, 1.54) is 11.2 Å². The van der Waals surface area contributed by atoms with Gasteiger partial charge in [0.15, 0.2) is 5.78 Å². The van der Waals surface area contributed by atoms with Crippen LogP contribution < -0.4 is 5.32 Å². The average Bonchev–Trinajstić information content (AvgIpc) is 2.73. The summed E-state index contributed by atoms with van der Waals surface area (Å²) in [6.45, 7) is 3.10. The van der Waals surface area contributed by atoms with Crippen LogP contribution >= 0.6 is 0 Å². The lowest BCUT2D eigenvalue weighted by Crippen LogP contribution is -2.45. The number of hydrogen-bond donors (Lipinski definition) is 1. The van der Waals surface area contributed by atoms with Gasteiger partial charge in [0.25, 0.3) is 0 Å². The minimum absolute atomic E-state index is 0.100. The number of aryl methyl sites for hydroxylation is 1. The maximum atomic E-state index is 13.4. The van der Waals surface area contributed by atoms with E-state index in [1.807, 2.05) is 6.92 Å². The molecule has 30 heavy (non-hydrogen) atoms. The first-order valence-corrected chi connectivity index (χ1v) is 11.7. The summed E-state index contributed by atoms with van der Waals surface area (Å²) in [6.07, 6.45) is 4.48. The van der Waals surface area contributed by atoms with Gasteiger partial charge in [0.2, 0.25) is 15.9 Å². The van der Waals surface area contributed by atoms with Crippen LogP contribution in [0.2, 0.25) is 0 Å². The summed E-state index contributed by atoms with van der Waals surface area (Å²) >= 11 is 0. The summed E-state index contributed by atoms with van der Waals surface area (Å²) in [5.41, 5.74) is 1.94. The molecule has 6 nitrogen and oxygen atoms in total. The molecule has 1 aliphatic carbocycles. The van der Waals surface area contributed by atoms with E-state index in [2.05, 4.69) is 5.32 Å². The van der Waals surface area contributed by atoms with Crippen molar-refractivity contribution in [1.29, 1.82) is 0 Å². The molecule has 7 heteroatoms. The van der Waals surface area contributed by atoms with Gasteiger partial charge < -0.3 is 5.32 Å². The molecule has 1 N–H and O–H groups in total. The highest BCUT2D eigenvalue weighted by molar-refractivity contribution is 7.89. The third-order valence-corrected chi connectivity index (χ3v) is 7.37. The molecule has 3 rings (SSSR count). The van der Waals surface area contributed by atoms with Crippen molar-refractivity contribution in [3.63, 3.8) is 0 Å². The lowest BCUT2D eigenvalue weighted by atomic mass is 9.95. The van der Waals surface area contributed by atoms with E-state index in [0.29, 0.717) is 11.3 Å². The minimum atomic E-state index is -3.81. The highest BCUT2D eigenvalue weighted by Gasteiger charge is 2.34. The first-order chi connectivity index (χ1) is 14.3. The van der Waals surface area contributed by atoms with Gasteiger partial charge in [-0.3, -0.25) is 9.59 Å². The van der Waals surface area contributed by atoms with Crippen molar-refractivity contribution >= 4 is 27.4 Å². The number of carbonyl (C=O) groups excluding carboxylic acids is 2. The molecular formula is C23H28N2O4S. The molecule has 2 aromatic rings. The van der Waals surface area contributed by atoms with E-state index < -0.39 is 15.9 Å². The Morgan fingerprint density at radius 2 is 1.70 bits per heavy atom. The predicted molar refractivity (Wildman–Crippen MR) is 117 cm³/mol. The van der Waals surface area contributed by atoms with Gasteiger partial charge in [-0.25, -0.2) is 8.42 Å². The molecule has 1 fully saturated rings. The highest BCUT2D eigenvalue weighted by atomic mass is 32.2. The lowest BCUT2D eigenvalue weighted by Gasteiger charge is -2.33. The van der Waals surface area contributed by atoms with Crippen LogP contribution in [0.4, 0.5) is 5.69 Å². The normalized spacial score (nSPS) is 15.2. The number of nitrogens with zero attached hydrogens (tertiary/aromatic N) is 1. The summed E-state index contributed by atoms with van der Waals surface area (Å²) < 4.78 is 28.1. The Labute approximate surface area is 178 Å². The zero-order valence-corrected chi connectivity index (χ0v) is 18.2. The lowest BCUT2D eigenvalue weighted by molar-refractivity contribution is -0.116. The fraction of sp³-hybridized carbons (Fsp3) is 0.391. The minimum Gasteiger partial charge on any atom is -0.325 e. The Balaban J connectivity index is 1.83. The first-order valence-electron chi connectivity index (χ1n) is 10.3. The number of hydrogen-bond acceptors (Lipinski definition) is 4. The molecule has 1 aliphatic rings. The van der Waals surface area contributed by atoms with Crippen LogP contribution in [0.1, 0.15) is 54.9 Å². The molecule has 1 amide bonds. The van der Waals surface area contributed by atoms with Crippen LogP contribution in [0, 0.1) is 6.92 Å². The van der Waals surface area contributed by atoms with E-state index in [9.17, 15) is 18.0 Å². The third kappa shape index (κ3) is 5.34. The number of sulfonamides is 1. The van der Waals surface area contributed by atoms with E-state index in [0.717, 1.165) is 37.7 Å². The Morgan fingerprint density at radius 3 is 2.33 bits per heavy atom. The fourth-order valence-corrected chi connectivity index (χ4v) is 5.42. The fourth-order valence-electron chi connectivity index (χ4n) is 3.78. The predicted octanol–water partition coefficient (Wildman–Crippen LogP) is 4.16. The SMILES string of the molecule is CC(=O)c1cccc(NC(=O)CN(C2CCCCC2)S(=O)(=O)c2ccc(C)cc2)c1. The Morgan fingerprint density at radius 1 is 1.03 bits per heavy atom. The van der Waals surface area contributed by atoms with Gasteiger partial charge in [-0.05, 0) is 51.0 Å². The van der Waals surface area contributed by atoms with Gasteiger partial charge in [-0.15, -0.1) is 0 Å². The van der Waals surface area contributed by atoms with Gasteiger partial charge in [0, 0.05) is 17.3 Å². The van der Waals surface area contributed by atoms with Crippen LogP contribution in [0.15, 0.2) is 53.4 Å². The number of nitrogens with one attached hydrogen (secondary N) is 1. The van der Waals surface area contributed by atoms with Crippen LogP contribution in [0.5, 0.6) is 0 Å². The van der Waals surface area contributed by atoms with E-state index in [4.69, 9.17) is 0 Å². The molecule has 0 aliphatic heterocycles. The second-order valence-corrected chi connectivity index (χ2v) is 9.73. The molecule has 160 valence electrons. The van der Waals surface area contributed by atoms with Gasteiger partial charge in [-0.2, -0.15) is 4.31 Å². The number of rotatable bonds is 7. The Kier molecular flexibility index (Phi) is 7.05. The van der Waals surface area contributed by atoms with Crippen LogP contribution in [-0.4, -0.2) is 37.0 Å². The summed E-state index contributed by atoms with van der Waals surface area (Å²) in [6, 6.07) is 13.2. The smallest absolute Gasteiger partial charge is 0.243 e. The number of amides is 1. The van der Waals surface area contributed by atoms with Crippen molar-refractivity contribution in [2.24, 2.45) is 0 Å². The maximum Gasteiger partial charge on any atom is 0.243 e. The number of benzene rings is 2. The van der Waals surface area contributed by atoms with E-state index in [-0.39, 0.29) is 23.3 Å². The number of carbonyl (C=O) groups is 2. The largest absolute Gasteiger partial charge is 0.325 e. The summed E-state index contributed by atoms with van der Waals surface area (Å²) in [5.74, 6) is -0.520. The van der Waals surface area contributed by atoms with Crippen molar-refractivity contribution in [2.75, 3.05) is 11.9 Å². The number of ketones is 1. The second-order valence-electron chi connectivity index (χ2n) is 7.84. The number of Topliss-reactive ketones (excluding diaryl/α,β-unsaturated/α-hetero) is 1. The molecule has 0 bridgehead atoms. The molecule has 0 saturated heterocycles. The van der Waals surface area contributed by atoms with Crippen LogP contribution in [0.3, 0.4) is 0 Å². The molecule has 0 atom stereocenters. The molecule has 0 unspecified atom stereocenters. The quantitative estimate of drug-likeness (QED) is 0.671. The molecular weight excluding hydrogens is 400 g/mol. The maximum absolute atomic E-state index is 13.4. The van der Waals surface area contributed by atoms with Crippen molar-refractivity contribution in [3.8, 4) is 0 Å². The highest BCUT2D eigenvalue weighted by Crippen LogP contribution is 2.28. The topological polar surface area (TPSA) is 83.6 Å². The molecule has 0 aromatic heterocycles. The van der Waals surface area contributed by atoms with Crippen molar-refractivity contribution in [2.45, 2.75) is 56.9 Å². The molecule has 0 heterocycles. The molecule has 2 aromatic carbocycles. The molecule has 1 saturated carbocycles. The average molecular weight is 429 g/mol. The Bertz CT molecular complexity index is 1010. The summed E-state index contributed by atoms with van der Waals surface area (Å²) in [4.78, 5) is 24.6. The van der Waals surface area contributed by atoms with Gasteiger partial charge >= 0.3 is 0 Å². The zero-order chi connectivity index (χ0) is 21.7. The van der Waals surface area contributed by atoms with Gasteiger partial charge in [0.1, 0.15) is 0 Å². The van der Waals surface area contributed by atoms with Crippen molar-refractivity contribution < 1.29 is 18.0 Å². The standard InChI is InChI=1S/C23H28N2O4S/c1-17-11-13-22(14-12-17)30(28,29)25(21-9-4-3-5-10-21)16-23(27)24-20-8-6-7-19(15-20)18(2)26/h6-8,11-15,21H,3-5,9-10,16H2,1-2H3,(H,24,27). The van der Waals surface area contributed by atoms with Crippen LogP contribution in [-0.2, 0) is 14.8 Å². The molecule has 0 spiro atoms. The first kappa shape index (κ1) is 22.2. The Hall–Kier alpha value is -2.51. The second kappa shape index (κ2) is 9.53. The van der Waals surface area contributed by atoms with Crippen molar-refractivity contribution in [3.05, 3.63) is 59.7 Å². The number of anilines is 1. The van der Waals surface area contributed by atoms with Gasteiger partial charge in [-0.1, -0.05) is 49.1 Å². The zero-order valence-electron chi connectivity index (χ0n) is 17.4.